The lowest BCUT2D eigenvalue weighted by atomic mass is 10.3. The van der Waals surface area contributed by atoms with Gasteiger partial charge in [-0.1, -0.05) is 24.3 Å². The van der Waals surface area contributed by atoms with Gasteiger partial charge in [-0.2, -0.15) is 0 Å². The van der Waals surface area contributed by atoms with E-state index in [-0.39, 0.29) is 6.03 Å². The summed E-state index contributed by atoms with van der Waals surface area (Å²) in [6.45, 7) is 0.652. The van der Waals surface area contributed by atoms with Crippen molar-refractivity contribution >= 4 is 23.1 Å². The normalized spacial score (nSPS) is 9.88. The summed E-state index contributed by atoms with van der Waals surface area (Å²) in [5, 5.41) is 7.64. The van der Waals surface area contributed by atoms with Gasteiger partial charge in [0.15, 0.2) is 0 Å². The zero-order valence-electron chi connectivity index (χ0n) is 9.35. The molecule has 1 aromatic heterocycles. The molecule has 1 heterocycles. The molecule has 3 nitrogen and oxygen atoms in total. The molecule has 0 aliphatic carbocycles. The van der Waals surface area contributed by atoms with Gasteiger partial charge in [0.05, 0.1) is 0 Å². The molecule has 2 amide bonds. The molecule has 0 aliphatic heterocycles. The molecule has 0 spiro atoms. The van der Waals surface area contributed by atoms with Crippen LogP contribution >= 0.6 is 11.3 Å². The number of carbonyl (C=O) groups is 1. The van der Waals surface area contributed by atoms with Gasteiger partial charge in [-0.3, -0.25) is 0 Å². The minimum atomic E-state index is -0.159. The van der Waals surface area contributed by atoms with Crippen LogP contribution in [0.15, 0.2) is 47.8 Å². The number of urea groups is 1. The van der Waals surface area contributed by atoms with E-state index in [2.05, 4.69) is 16.7 Å². The van der Waals surface area contributed by atoms with E-state index in [1.54, 1.807) is 11.3 Å². The Balaban J connectivity index is 1.71. The van der Waals surface area contributed by atoms with Crippen molar-refractivity contribution in [3.05, 3.63) is 52.7 Å². The largest absolute Gasteiger partial charge is 0.338 e. The smallest absolute Gasteiger partial charge is 0.319 e. The molecular formula is C13H14N2OS. The zero-order valence-corrected chi connectivity index (χ0v) is 10.2. The Morgan fingerprint density at radius 2 is 1.94 bits per heavy atom. The van der Waals surface area contributed by atoms with Crippen molar-refractivity contribution in [2.75, 3.05) is 11.9 Å². The summed E-state index contributed by atoms with van der Waals surface area (Å²) in [5.74, 6) is 0. The lowest BCUT2D eigenvalue weighted by molar-refractivity contribution is 0.252. The second-order valence-electron chi connectivity index (χ2n) is 3.58. The van der Waals surface area contributed by atoms with Crippen LogP contribution in [0.1, 0.15) is 4.88 Å². The van der Waals surface area contributed by atoms with Crippen molar-refractivity contribution in [2.24, 2.45) is 0 Å². The van der Waals surface area contributed by atoms with Gasteiger partial charge in [0.1, 0.15) is 0 Å². The average Bonchev–Trinajstić information content (AvgIpc) is 2.83. The molecule has 0 aliphatic rings. The van der Waals surface area contributed by atoms with Crippen molar-refractivity contribution in [3.63, 3.8) is 0 Å². The lowest BCUT2D eigenvalue weighted by Crippen LogP contribution is -2.30. The number of rotatable bonds is 4. The van der Waals surface area contributed by atoms with Gasteiger partial charge in [0.25, 0.3) is 0 Å². The second-order valence-corrected chi connectivity index (χ2v) is 4.61. The maximum atomic E-state index is 11.5. The van der Waals surface area contributed by atoms with Crippen molar-refractivity contribution in [2.45, 2.75) is 6.42 Å². The predicted octanol–water partition coefficient (Wildman–Crippen LogP) is 3.11. The van der Waals surface area contributed by atoms with Crippen molar-refractivity contribution in [1.29, 1.82) is 0 Å². The van der Waals surface area contributed by atoms with Crippen molar-refractivity contribution < 1.29 is 4.79 Å². The van der Waals surface area contributed by atoms with E-state index in [0.29, 0.717) is 6.54 Å². The molecular weight excluding hydrogens is 232 g/mol. The van der Waals surface area contributed by atoms with Gasteiger partial charge in [0.2, 0.25) is 0 Å². The van der Waals surface area contributed by atoms with Crippen LogP contribution < -0.4 is 10.6 Å². The van der Waals surface area contributed by atoms with E-state index in [1.165, 1.54) is 4.88 Å². The third-order valence-electron chi connectivity index (χ3n) is 2.27. The van der Waals surface area contributed by atoms with E-state index in [9.17, 15) is 4.79 Å². The van der Waals surface area contributed by atoms with E-state index in [0.717, 1.165) is 12.1 Å². The molecule has 0 saturated heterocycles. The Morgan fingerprint density at radius 3 is 2.65 bits per heavy atom. The summed E-state index contributed by atoms with van der Waals surface area (Å²) in [6.07, 6.45) is 0.875. The first-order valence-electron chi connectivity index (χ1n) is 5.47. The maximum absolute atomic E-state index is 11.5. The van der Waals surface area contributed by atoms with Crippen LogP contribution in [0.4, 0.5) is 10.5 Å². The monoisotopic (exact) mass is 246 g/mol. The molecule has 2 aromatic rings. The SMILES string of the molecule is O=C(NCCc1cccs1)Nc1ccccc1. The molecule has 0 saturated carbocycles. The number of para-hydroxylation sites is 1. The summed E-state index contributed by atoms with van der Waals surface area (Å²) in [5.41, 5.74) is 0.807. The molecule has 2 rings (SSSR count). The molecule has 0 bridgehead atoms. The Kier molecular flexibility index (Phi) is 4.16. The van der Waals surface area contributed by atoms with Gasteiger partial charge in [-0.05, 0) is 30.0 Å². The summed E-state index contributed by atoms with van der Waals surface area (Å²) < 4.78 is 0. The number of nitrogens with one attached hydrogen (secondary N) is 2. The topological polar surface area (TPSA) is 41.1 Å². The van der Waals surface area contributed by atoms with Crippen LogP contribution in [-0.4, -0.2) is 12.6 Å². The van der Waals surface area contributed by atoms with Gasteiger partial charge >= 0.3 is 6.03 Å². The summed E-state index contributed by atoms with van der Waals surface area (Å²) >= 11 is 1.71. The molecule has 0 unspecified atom stereocenters. The Hall–Kier alpha value is -1.81. The minimum Gasteiger partial charge on any atom is -0.338 e. The Morgan fingerprint density at radius 1 is 1.12 bits per heavy atom. The third kappa shape index (κ3) is 3.92. The number of amides is 2. The van der Waals surface area contributed by atoms with Crippen molar-refractivity contribution in [1.82, 2.24) is 5.32 Å². The number of thiophene rings is 1. The third-order valence-corrected chi connectivity index (χ3v) is 3.20. The quantitative estimate of drug-likeness (QED) is 0.855. The molecule has 88 valence electrons. The molecule has 0 radical (unpaired) electrons. The molecule has 0 atom stereocenters. The highest BCUT2D eigenvalue weighted by molar-refractivity contribution is 7.09. The Bertz CT molecular complexity index is 454. The lowest BCUT2D eigenvalue weighted by Gasteiger charge is -2.06. The fourth-order valence-electron chi connectivity index (χ4n) is 1.45. The van der Waals surface area contributed by atoms with Gasteiger partial charge in [-0.25, -0.2) is 4.79 Å². The minimum absolute atomic E-state index is 0.159. The number of hydrogen-bond donors (Lipinski definition) is 2. The summed E-state index contributed by atoms with van der Waals surface area (Å²) in [4.78, 5) is 12.8. The van der Waals surface area contributed by atoms with Gasteiger partial charge in [0, 0.05) is 17.1 Å². The summed E-state index contributed by atoms with van der Waals surface area (Å²) in [7, 11) is 0. The van der Waals surface area contributed by atoms with E-state index in [1.807, 2.05) is 41.8 Å². The molecule has 1 aromatic carbocycles. The van der Waals surface area contributed by atoms with E-state index < -0.39 is 0 Å². The molecule has 0 fully saturated rings. The van der Waals surface area contributed by atoms with Crippen LogP contribution in [0.5, 0.6) is 0 Å². The van der Waals surface area contributed by atoms with E-state index in [4.69, 9.17) is 0 Å². The van der Waals surface area contributed by atoms with Gasteiger partial charge in [-0.15, -0.1) is 11.3 Å². The van der Waals surface area contributed by atoms with Crippen LogP contribution in [-0.2, 0) is 6.42 Å². The molecule has 2 N–H and O–H groups in total. The number of benzene rings is 1. The maximum Gasteiger partial charge on any atom is 0.319 e. The predicted molar refractivity (Wildman–Crippen MR) is 71.5 cm³/mol. The van der Waals surface area contributed by atoms with Crippen molar-refractivity contribution in [3.8, 4) is 0 Å². The Labute approximate surface area is 104 Å². The summed E-state index contributed by atoms with van der Waals surface area (Å²) in [6, 6.07) is 13.3. The molecule has 17 heavy (non-hydrogen) atoms. The fourth-order valence-corrected chi connectivity index (χ4v) is 2.16. The zero-order chi connectivity index (χ0) is 11.9. The standard InChI is InChI=1S/C13H14N2OS/c16-13(15-11-5-2-1-3-6-11)14-9-8-12-7-4-10-17-12/h1-7,10H,8-9H2,(H2,14,15,16). The first kappa shape index (κ1) is 11.7. The first-order valence-corrected chi connectivity index (χ1v) is 6.35. The van der Waals surface area contributed by atoms with Crippen LogP contribution in [0.3, 0.4) is 0 Å². The van der Waals surface area contributed by atoms with Crippen LogP contribution in [0.25, 0.3) is 0 Å². The average molecular weight is 246 g/mol. The number of carbonyl (C=O) groups excluding carboxylic acids is 1. The second kappa shape index (κ2) is 6.06. The highest BCUT2D eigenvalue weighted by Crippen LogP contribution is 2.08. The van der Waals surface area contributed by atoms with Gasteiger partial charge < -0.3 is 10.6 Å². The molecule has 4 heteroatoms. The highest BCUT2D eigenvalue weighted by Gasteiger charge is 2.00. The highest BCUT2D eigenvalue weighted by atomic mass is 32.1. The van der Waals surface area contributed by atoms with Crippen LogP contribution in [0, 0.1) is 0 Å². The first-order chi connectivity index (χ1) is 8.34. The fraction of sp³-hybridized carbons (Fsp3) is 0.154. The van der Waals surface area contributed by atoms with E-state index >= 15 is 0 Å². The number of anilines is 1. The number of hydrogen-bond acceptors (Lipinski definition) is 2. The van der Waals surface area contributed by atoms with Crippen LogP contribution in [0.2, 0.25) is 0 Å².